The number of nitrogens with zero attached hydrogens (tertiary/aromatic N) is 2. The Morgan fingerprint density at radius 2 is 2.25 bits per heavy atom. The number of halogens is 1. The predicted molar refractivity (Wildman–Crippen MR) is 81.9 cm³/mol. The van der Waals surface area contributed by atoms with Gasteiger partial charge in [0.05, 0.1) is 11.8 Å². The highest BCUT2D eigenvalue weighted by Crippen LogP contribution is 2.22. The second-order valence-electron chi connectivity index (χ2n) is 4.42. The molecule has 0 fully saturated rings. The summed E-state index contributed by atoms with van der Waals surface area (Å²) in [6, 6.07) is 7.41. The molecule has 2 rings (SSSR count). The van der Waals surface area contributed by atoms with Gasteiger partial charge < -0.3 is 9.88 Å². The minimum Gasteiger partial charge on any atom is -0.349 e. The van der Waals surface area contributed by atoms with E-state index in [0.717, 1.165) is 10.7 Å². The van der Waals surface area contributed by atoms with E-state index in [2.05, 4.69) is 10.3 Å². The molecule has 106 valence electrons. The minimum atomic E-state index is -0.113. The quantitative estimate of drug-likeness (QED) is 0.864. The van der Waals surface area contributed by atoms with Crippen LogP contribution >= 0.6 is 23.4 Å². The van der Waals surface area contributed by atoms with Gasteiger partial charge in [-0.05, 0) is 18.6 Å². The van der Waals surface area contributed by atoms with Gasteiger partial charge in [0.1, 0.15) is 0 Å². The number of nitrogens with one attached hydrogen (secondary N) is 1. The molecule has 2 aromatic rings. The maximum Gasteiger partial charge on any atom is 0.230 e. The Hall–Kier alpha value is -1.46. The fraction of sp³-hybridized carbons (Fsp3) is 0.286. The molecule has 1 atom stereocenters. The molecule has 1 heterocycles. The summed E-state index contributed by atoms with van der Waals surface area (Å²) in [5.74, 6) is 0.296. The predicted octanol–water partition coefficient (Wildman–Crippen LogP) is 3.04. The Bertz CT molecular complexity index is 600. The van der Waals surface area contributed by atoms with Crippen molar-refractivity contribution in [1.29, 1.82) is 0 Å². The van der Waals surface area contributed by atoms with E-state index in [1.165, 1.54) is 11.8 Å². The van der Waals surface area contributed by atoms with Crippen molar-refractivity contribution in [2.75, 3.05) is 5.75 Å². The number of hydrogen-bond acceptors (Lipinski definition) is 3. The number of thioether (sulfide) groups is 1. The van der Waals surface area contributed by atoms with E-state index in [4.69, 9.17) is 11.6 Å². The highest BCUT2D eigenvalue weighted by Gasteiger charge is 2.13. The van der Waals surface area contributed by atoms with Crippen LogP contribution in [0.25, 0.3) is 0 Å². The smallest absolute Gasteiger partial charge is 0.230 e. The van der Waals surface area contributed by atoms with Gasteiger partial charge in [-0.25, -0.2) is 4.98 Å². The molecule has 1 N–H and O–H groups in total. The first-order chi connectivity index (χ1) is 9.58. The summed E-state index contributed by atoms with van der Waals surface area (Å²) in [5, 5.41) is 4.43. The van der Waals surface area contributed by atoms with E-state index >= 15 is 0 Å². The molecule has 0 aliphatic rings. The van der Waals surface area contributed by atoms with E-state index in [1.54, 1.807) is 6.20 Å². The van der Waals surface area contributed by atoms with Gasteiger partial charge in [0, 0.05) is 24.5 Å². The number of imidazole rings is 1. The average Bonchev–Trinajstić information content (AvgIpc) is 2.82. The number of benzene rings is 1. The highest BCUT2D eigenvalue weighted by molar-refractivity contribution is 7.99. The molecule has 20 heavy (non-hydrogen) atoms. The van der Waals surface area contributed by atoms with Crippen molar-refractivity contribution < 1.29 is 4.79 Å². The molecule has 0 bridgehead atoms. The number of rotatable bonds is 5. The van der Waals surface area contributed by atoms with Crippen LogP contribution in [0.5, 0.6) is 0 Å². The molecular weight excluding hydrogens is 294 g/mol. The minimum absolute atomic E-state index is 0.0366. The molecule has 0 saturated carbocycles. The molecule has 1 unspecified atom stereocenters. The molecule has 1 amide bonds. The lowest BCUT2D eigenvalue weighted by Gasteiger charge is -2.15. The number of aromatic nitrogens is 2. The zero-order valence-electron chi connectivity index (χ0n) is 11.3. The summed E-state index contributed by atoms with van der Waals surface area (Å²) < 4.78 is 1.88. The van der Waals surface area contributed by atoms with Crippen molar-refractivity contribution in [2.45, 2.75) is 18.1 Å². The Kier molecular flexibility index (Phi) is 5.09. The lowest BCUT2D eigenvalue weighted by atomic mass is 10.1. The Labute approximate surface area is 127 Å². The van der Waals surface area contributed by atoms with E-state index in [9.17, 15) is 4.79 Å². The molecule has 1 aromatic carbocycles. The van der Waals surface area contributed by atoms with Crippen LogP contribution in [0.1, 0.15) is 18.5 Å². The summed E-state index contributed by atoms with van der Waals surface area (Å²) in [6.45, 7) is 1.92. The molecule has 0 aliphatic carbocycles. The van der Waals surface area contributed by atoms with Crippen LogP contribution in [0.3, 0.4) is 0 Å². The van der Waals surface area contributed by atoms with Crippen molar-refractivity contribution >= 4 is 29.3 Å². The Morgan fingerprint density at radius 1 is 1.50 bits per heavy atom. The summed E-state index contributed by atoms with van der Waals surface area (Å²) >= 11 is 7.52. The zero-order chi connectivity index (χ0) is 14.5. The van der Waals surface area contributed by atoms with Gasteiger partial charge in [0.25, 0.3) is 0 Å². The summed E-state index contributed by atoms with van der Waals surface area (Å²) in [4.78, 5) is 16.1. The molecule has 0 radical (unpaired) electrons. The molecular formula is C14H16ClN3OS. The molecule has 0 aliphatic heterocycles. The third-order valence-corrected chi connectivity index (χ3v) is 4.26. The van der Waals surface area contributed by atoms with Gasteiger partial charge in [-0.1, -0.05) is 41.6 Å². The topological polar surface area (TPSA) is 46.9 Å². The molecule has 1 aromatic heterocycles. The van der Waals surface area contributed by atoms with E-state index in [-0.39, 0.29) is 11.9 Å². The van der Waals surface area contributed by atoms with Gasteiger partial charge in [-0.3, -0.25) is 4.79 Å². The van der Waals surface area contributed by atoms with Crippen molar-refractivity contribution in [1.82, 2.24) is 14.9 Å². The van der Waals surface area contributed by atoms with Crippen LogP contribution in [-0.4, -0.2) is 21.2 Å². The first-order valence-electron chi connectivity index (χ1n) is 6.22. The van der Waals surface area contributed by atoms with Crippen molar-refractivity contribution in [2.24, 2.45) is 7.05 Å². The maximum atomic E-state index is 11.9. The monoisotopic (exact) mass is 309 g/mol. The first-order valence-corrected chi connectivity index (χ1v) is 7.58. The van der Waals surface area contributed by atoms with Crippen molar-refractivity contribution in [3.63, 3.8) is 0 Å². The van der Waals surface area contributed by atoms with E-state index in [0.29, 0.717) is 10.8 Å². The van der Waals surface area contributed by atoms with Crippen LogP contribution in [0.4, 0.5) is 0 Å². The van der Waals surface area contributed by atoms with Crippen LogP contribution in [0.2, 0.25) is 5.02 Å². The van der Waals surface area contributed by atoms with Gasteiger partial charge in [-0.2, -0.15) is 0 Å². The largest absolute Gasteiger partial charge is 0.349 e. The number of aryl methyl sites for hydroxylation is 1. The summed E-state index contributed by atoms with van der Waals surface area (Å²) in [5.41, 5.74) is 0.921. The number of carbonyl (C=O) groups is 1. The van der Waals surface area contributed by atoms with Crippen molar-refractivity contribution in [3.8, 4) is 0 Å². The van der Waals surface area contributed by atoms with E-state index < -0.39 is 0 Å². The summed E-state index contributed by atoms with van der Waals surface area (Å²) in [7, 11) is 1.90. The molecule has 0 saturated heterocycles. The maximum absolute atomic E-state index is 11.9. The lowest BCUT2D eigenvalue weighted by Crippen LogP contribution is -2.28. The van der Waals surface area contributed by atoms with Gasteiger partial charge in [0.15, 0.2) is 5.16 Å². The summed E-state index contributed by atoms with van der Waals surface area (Å²) in [6.07, 6.45) is 3.57. The Balaban J connectivity index is 1.88. The third-order valence-electron chi connectivity index (χ3n) is 2.86. The number of amides is 1. The first kappa shape index (κ1) is 14.9. The second kappa shape index (κ2) is 6.81. The average molecular weight is 310 g/mol. The van der Waals surface area contributed by atoms with Gasteiger partial charge in [0.2, 0.25) is 5.91 Å². The van der Waals surface area contributed by atoms with Crippen LogP contribution in [0, 0.1) is 0 Å². The zero-order valence-corrected chi connectivity index (χ0v) is 12.9. The lowest BCUT2D eigenvalue weighted by molar-refractivity contribution is -0.119. The van der Waals surface area contributed by atoms with Crippen LogP contribution < -0.4 is 5.32 Å². The number of hydrogen-bond donors (Lipinski definition) is 1. The van der Waals surface area contributed by atoms with Crippen LogP contribution in [-0.2, 0) is 11.8 Å². The molecule has 0 spiro atoms. The SMILES string of the molecule is CC(NC(=O)CSc1nccn1C)c1ccccc1Cl. The molecule has 6 heteroatoms. The fourth-order valence-corrected chi connectivity index (χ4v) is 2.85. The molecule has 4 nitrogen and oxygen atoms in total. The highest BCUT2D eigenvalue weighted by atomic mass is 35.5. The third kappa shape index (κ3) is 3.77. The van der Waals surface area contributed by atoms with Crippen LogP contribution in [0.15, 0.2) is 41.8 Å². The second-order valence-corrected chi connectivity index (χ2v) is 5.77. The number of carbonyl (C=O) groups excluding carboxylic acids is 1. The normalized spacial score (nSPS) is 12.2. The van der Waals surface area contributed by atoms with Gasteiger partial charge in [-0.15, -0.1) is 0 Å². The fourth-order valence-electron chi connectivity index (χ4n) is 1.81. The Morgan fingerprint density at radius 3 is 2.90 bits per heavy atom. The van der Waals surface area contributed by atoms with E-state index in [1.807, 2.05) is 49.0 Å². The van der Waals surface area contributed by atoms with Crippen molar-refractivity contribution in [3.05, 3.63) is 47.2 Å². The van der Waals surface area contributed by atoms with Gasteiger partial charge >= 0.3 is 0 Å². The standard InChI is InChI=1S/C14H16ClN3OS/c1-10(11-5-3-4-6-12(11)15)17-13(19)9-20-14-16-7-8-18(14)2/h3-8,10H,9H2,1-2H3,(H,17,19).